The molecule has 2 aromatic rings. The van der Waals surface area contributed by atoms with Gasteiger partial charge in [-0.2, -0.15) is 0 Å². The summed E-state index contributed by atoms with van der Waals surface area (Å²) in [4.78, 5) is 16.7. The average molecular weight is 283 g/mol. The predicted molar refractivity (Wildman–Crippen MR) is 81.0 cm³/mol. The van der Waals surface area contributed by atoms with Gasteiger partial charge in [-0.15, -0.1) is 0 Å². The van der Waals surface area contributed by atoms with Gasteiger partial charge < -0.3 is 16.2 Å². The van der Waals surface area contributed by atoms with Crippen LogP contribution < -0.4 is 11.1 Å². The Morgan fingerprint density at radius 1 is 1.24 bits per heavy atom. The first-order valence-electron chi connectivity index (χ1n) is 6.85. The van der Waals surface area contributed by atoms with E-state index in [1.807, 2.05) is 19.1 Å². The Morgan fingerprint density at radius 2 is 1.90 bits per heavy atom. The smallest absolute Gasteiger partial charge is 0.236 e. The van der Waals surface area contributed by atoms with Crippen molar-refractivity contribution in [3.8, 4) is 5.75 Å². The first kappa shape index (κ1) is 13.4. The maximum Gasteiger partial charge on any atom is 0.236 e. The van der Waals surface area contributed by atoms with E-state index in [2.05, 4.69) is 10.3 Å². The number of rotatable bonds is 3. The lowest BCUT2D eigenvalue weighted by atomic mass is 9.95. The zero-order chi connectivity index (χ0) is 15.0. The molecule has 1 aliphatic rings. The zero-order valence-corrected chi connectivity index (χ0v) is 11.8. The van der Waals surface area contributed by atoms with Crippen molar-refractivity contribution in [2.24, 2.45) is 0 Å². The summed E-state index contributed by atoms with van der Waals surface area (Å²) >= 11 is 0. The van der Waals surface area contributed by atoms with Gasteiger partial charge in [0.05, 0.1) is 5.41 Å². The largest absolute Gasteiger partial charge is 0.504 e. The van der Waals surface area contributed by atoms with E-state index in [4.69, 9.17) is 5.73 Å². The SMILES string of the molecule is Cc1ccc(O)c(NC(=O)C2(c3ccc(N)cc3)CC2)n1. The van der Waals surface area contributed by atoms with Crippen LogP contribution in [0, 0.1) is 6.92 Å². The summed E-state index contributed by atoms with van der Waals surface area (Å²) in [5.41, 5.74) is 7.52. The number of aromatic hydroxyl groups is 1. The van der Waals surface area contributed by atoms with Crippen molar-refractivity contribution in [2.75, 3.05) is 11.1 Å². The molecule has 1 aromatic heterocycles. The lowest BCUT2D eigenvalue weighted by Crippen LogP contribution is -2.28. The topological polar surface area (TPSA) is 88.2 Å². The highest BCUT2D eigenvalue weighted by atomic mass is 16.3. The van der Waals surface area contributed by atoms with Crippen LogP contribution in [-0.4, -0.2) is 16.0 Å². The summed E-state index contributed by atoms with van der Waals surface area (Å²) in [7, 11) is 0. The van der Waals surface area contributed by atoms with Crippen LogP contribution in [0.2, 0.25) is 0 Å². The minimum absolute atomic E-state index is 0.0259. The molecule has 1 saturated carbocycles. The van der Waals surface area contributed by atoms with E-state index in [9.17, 15) is 9.90 Å². The highest BCUT2D eigenvalue weighted by molar-refractivity contribution is 6.01. The number of aryl methyl sites for hydroxylation is 1. The van der Waals surface area contributed by atoms with Gasteiger partial charge in [-0.05, 0) is 49.6 Å². The highest BCUT2D eigenvalue weighted by Crippen LogP contribution is 2.49. The number of anilines is 2. The van der Waals surface area contributed by atoms with Gasteiger partial charge >= 0.3 is 0 Å². The fourth-order valence-electron chi connectivity index (χ4n) is 2.44. The summed E-state index contributed by atoms with van der Waals surface area (Å²) in [6.45, 7) is 1.81. The van der Waals surface area contributed by atoms with E-state index in [0.717, 1.165) is 24.1 Å². The second kappa shape index (κ2) is 4.77. The number of hydrogen-bond donors (Lipinski definition) is 3. The van der Waals surface area contributed by atoms with Gasteiger partial charge in [0.1, 0.15) is 0 Å². The lowest BCUT2D eigenvalue weighted by molar-refractivity contribution is -0.118. The molecule has 1 heterocycles. The van der Waals surface area contributed by atoms with E-state index in [0.29, 0.717) is 5.69 Å². The molecule has 0 atom stereocenters. The van der Waals surface area contributed by atoms with Gasteiger partial charge in [0, 0.05) is 11.4 Å². The molecule has 0 radical (unpaired) electrons. The van der Waals surface area contributed by atoms with E-state index in [-0.39, 0.29) is 17.5 Å². The number of benzene rings is 1. The zero-order valence-electron chi connectivity index (χ0n) is 11.8. The van der Waals surface area contributed by atoms with Gasteiger partial charge in [0.25, 0.3) is 0 Å². The molecule has 1 aromatic carbocycles. The number of amides is 1. The fraction of sp³-hybridized carbons (Fsp3) is 0.250. The molecule has 0 saturated heterocycles. The van der Waals surface area contributed by atoms with Crippen molar-refractivity contribution in [2.45, 2.75) is 25.2 Å². The van der Waals surface area contributed by atoms with Gasteiger partial charge in [0.2, 0.25) is 5.91 Å². The maximum absolute atomic E-state index is 12.6. The third-order valence-electron chi connectivity index (χ3n) is 3.89. The molecule has 1 amide bonds. The Labute approximate surface area is 122 Å². The second-order valence-corrected chi connectivity index (χ2v) is 5.48. The van der Waals surface area contributed by atoms with Crippen molar-refractivity contribution >= 4 is 17.4 Å². The number of nitrogen functional groups attached to an aromatic ring is 1. The summed E-state index contributed by atoms with van der Waals surface area (Å²) in [5, 5.41) is 12.5. The first-order valence-corrected chi connectivity index (χ1v) is 6.85. The standard InChI is InChI=1S/C16H17N3O2/c1-10-2-7-13(20)14(18-10)19-15(21)16(8-9-16)11-3-5-12(17)6-4-11/h2-7,20H,8-9,17H2,1H3,(H,18,19,21). The number of pyridine rings is 1. The quantitative estimate of drug-likeness (QED) is 0.754. The van der Waals surface area contributed by atoms with Crippen molar-refractivity contribution in [3.63, 3.8) is 0 Å². The van der Waals surface area contributed by atoms with E-state index < -0.39 is 5.41 Å². The number of nitrogens with one attached hydrogen (secondary N) is 1. The minimum atomic E-state index is -0.522. The number of hydrogen-bond acceptors (Lipinski definition) is 4. The maximum atomic E-state index is 12.6. The molecule has 5 nitrogen and oxygen atoms in total. The number of carbonyl (C=O) groups excluding carboxylic acids is 1. The molecule has 0 unspecified atom stereocenters. The first-order chi connectivity index (χ1) is 10.0. The summed E-state index contributed by atoms with van der Waals surface area (Å²) in [6, 6.07) is 10.6. The summed E-state index contributed by atoms with van der Waals surface area (Å²) < 4.78 is 0. The molecule has 21 heavy (non-hydrogen) atoms. The normalized spacial score (nSPS) is 15.5. The van der Waals surface area contributed by atoms with Gasteiger partial charge in [-0.1, -0.05) is 12.1 Å². The average Bonchev–Trinajstić information content (AvgIpc) is 3.25. The van der Waals surface area contributed by atoms with E-state index >= 15 is 0 Å². The Morgan fingerprint density at radius 3 is 2.52 bits per heavy atom. The molecule has 3 rings (SSSR count). The molecule has 4 N–H and O–H groups in total. The van der Waals surface area contributed by atoms with Crippen LogP contribution >= 0.6 is 0 Å². The van der Waals surface area contributed by atoms with Crippen LogP contribution in [0.15, 0.2) is 36.4 Å². The van der Waals surface area contributed by atoms with Crippen LogP contribution in [0.3, 0.4) is 0 Å². The van der Waals surface area contributed by atoms with Crippen molar-refractivity contribution < 1.29 is 9.90 Å². The monoisotopic (exact) mass is 283 g/mol. The van der Waals surface area contributed by atoms with E-state index in [1.165, 1.54) is 6.07 Å². The van der Waals surface area contributed by atoms with Crippen LogP contribution in [0.4, 0.5) is 11.5 Å². The van der Waals surface area contributed by atoms with Crippen LogP contribution in [0.5, 0.6) is 5.75 Å². The Hall–Kier alpha value is -2.56. The molecule has 0 spiro atoms. The Kier molecular flexibility index (Phi) is 3.05. The molecular formula is C16H17N3O2. The summed E-state index contributed by atoms with van der Waals surface area (Å²) in [6.07, 6.45) is 1.57. The molecule has 0 aliphatic heterocycles. The Balaban J connectivity index is 1.85. The highest BCUT2D eigenvalue weighted by Gasteiger charge is 2.51. The molecule has 0 bridgehead atoms. The van der Waals surface area contributed by atoms with Gasteiger partial charge in [-0.25, -0.2) is 4.98 Å². The van der Waals surface area contributed by atoms with Crippen LogP contribution in [0.1, 0.15) is 24.1 Å². The number of nitrogens with two attached hydrogens (primary N) is 1. The fourth-order valence-corrected chi connectivity index (χ4v) is 2.44. The molecular weight excluding hydrogens is 266 g/mol. The Bertz CT molecular complexity index is 691. The van der Waals surface area contributed by atoms with Crippen molar-refractivity contribution in [1.29, 1.82) is 0 Å². The van der Waals surface area contributed by atoms with Crippen molar-refractivity contribution in [3.05, 3.63) is 47.7 Å². The number of aromatic nitrogens is 1. The van der Waals surface area contributed by atoms with Gasteiger partial charge in [-0.3, -0.25) is 4.79 Å². The van der Waals surface area contributed by atoms with Gasteiger partial charge in [0.15, 0.2) is 11.6 Å². The summed E-state index contributed by atoms with van der Waals surface area (Å²) in [5.74, 6) is 0.0458. The van der Waals surface area contributed by atoms with Crippen LogP contribution in [-0.2, 0) is 10.2 Å². The van der Waals surface area contributed by atoms with Crippen molar-refractivity contribution in [1.82, 2.24) is 4.98 Å². The number of carbonyl (C=O) groups is 1. The molecule has 1 fully saturated rings. The second-order valence-electron chi connectivity index (χ2n) is 5.48. The lowest BCUT2D eigenvalue weighted by Gasteiger charge is -2.16. The molecule has 1 aliphatic carbocycles. The predicted octanol–water partition coefficient (Wildman–Crippen LogP) is 2.35. The molecule has 5 heteroatoms. The van der Waals surface area contributed by atoms with Crippen LogP contribution in [0.25, 0.3) is 0 Å². The third-order valence-corrected chi connectivity index (χ3v) is 3.89. The number of nitrogens with zero attached hydrogens (tertiary/aromatic N) is 1. The third kappa shape index (κ3) is 2.42. The minimum Gasteiger partial charge on any atom is -0.504 e. The van der Waals surface area contributed by atoms with E-state index in [1.54, 1.807) is 18.2 Å². The molecule has 108 valence electrons.